The lowest BCUT2D eigenvalue weighted by Crippen LogP contribution is -2.21. The first kappa shape index (κ1) is 17.3. The first-order chi connectivity index (χ1) is 11.1. The molecule has 2 aromatic rings. The molecular weight excluding hydrogens is 343 g/mol. The van der Waals surface area contributed by atoms with Gasteiger partial charge in [0, 0.05) is 0 Å². The predicted molar refractivity (Wildman–Crippen MR) is 85.0 cm³/mol. The second-order valence-corrected chi connectivity index (χ2v) is 5.12. The molecule has 0 saturated heterocycles. The van der Waals surface area contributed by atoms with Crippen LogP contribution in [-0.2, 0) is 14.3 Å². The third-order valence-electron chi connectivity index (χ3n) is 2.56. The fraction of sp³-hybridized carbons (Fsp3) is 0.125. The quantitative estimate of drug-likeness (QED) is 0.586. The summed E-state index contributed by atoms with van der Waals surface area (Å²) in [5, 5.41) is 0.609. The molecule has 0 saturated carbocycles. The van der Waals surface area contributed by atoms with E-state index in [0.717, 1.165) is 0 Å². The van der Waals surface area contributed by atoms with Gasteiger partial charge in [0.1, 0.15) is 24.7 Å². The summed E-state index contributed by atoms with van der Waals surface area (Å²) in [6.07, 6.45) is 0. The molecule has 0 aliphatic carbocycles. The van der Waals surface area contributed by atoms with Crippen molar-refractivity contribution in [1.82, 2.24) is 0 Å². The van der Waals surface area contributed by atoms with Crippen molar-refractivity contribution >= 4 is 35.1 Å². The molecule has 0 atom stereocenters. The van der Waals surface area contributed by atoms with E-state index in [-0.39, 0.29) is 11.5 Å². The fourth-order valence-electron chi connectivity index (χ4n) is 1.58. The smallest absolute Gasteiger partial charge is 0.337 e. The highest BCUT2D eigenvalue weighted by Crippen LogP contribution is 2.24. The van der Waals surface area contributed by atoms with Crippen LogP contribution < -0.4 is 9.47 Å². The summed E-state index contributed by atoms with van der Waals surface area (Å²) in [6, 6.07) is 13.0. The molecule has 2 aromatic carbocycles. The lowest BCUT2D eigenvalue weighted by molar-refractivity contribution is -0.145. The van der Waals surface area contributed by atoms with Crippen molar-refractivity contribution in [3.05, 3.63) is 58.6 Å². The van der Waals surface area contributed by atoms with Crippen LogP contribution in [-0.4, -0.2) is 25.2 Å². The molecule has 0 aliphatic heterocycles. The van der Waals surface area contributed by atoms with Crippen molar-refractivity contribution in [2.75, 3.05) is 13.2 Å². The number of rotatable bonds is 6. The van der Waals surface area contributed by atoms with Gasteiger partial charge in [-0.3, -0.25) is 0 Å². The van der Waals surface area contributed by atoms with Crippen molar-refractivity contribution in [3.63, 3.8) is 0 Å². The van der Waals surface area contributed by atoms with Gasteiger partial charge in [0.05, 0.1) is 10.0 Å². The molecule has 0 bridgehead atoms. The fourth-order valence-corrected chi connectivity index (χ4v) is 1.93. The van der Waals surface area contributed by atoms with E-state index in [0.29, 0.717) is 10.0 Å². The standard InChI is InChI=1S/C16H12Cl2O5/c17-11-5-1-3-7-13(11)22-15(19)9-21-10-16(20)23-14-8-4-2-6-12(14)18/h1-8H,9-10H2. The molecule has 5 nitrogen and oxygen atoms in total. The number of halogens is 2. The summed E-state index contributed by atoms with van der Waals surface area (Å²) < 4.78 is 14.9. The molecule has 0 fully saturated rings. The third-order valence-corrected chi connectivity index (χ3v) is 3.19. The molecule has 0 spiro atoms. The third kappa shape index (κ3) is 5.56. The van der Waals surface area contributed by atoms with E-state index in [1.165, 1.54) is 0 Å². The van der Waals surface area contributed by atoms with Gasteiger partial charge in [0.15, 0.2) is 0 Å². The topological polar surface area (TPSA) is 61.8 Å². The van der Waals surface area contributed by atoms with Crippen LogP contribution in [0.4, 0.5) is 0 Å². The van der Waals surface area contributed by atoms with Crippen LogP contribution in [0, 0.1) is 0 Å². The van der Waals surface area contributed by atoms with Crippen LogP contribution in [0.15, 0.2) is 48.5 Å². The Morgan fingerprint density at radius 2 is 1.13 bits per heavy atom. The van der Waals surface area contributed by atoms with Gasteiger partial charge in [0.2, 0.25) is 0 Å². The first-order valence-electron chi connectivity index (χ1n) is 6.54. The maximum absolute atomic E-state index is 11.6. The lowest BCUT2D eigenvalue weighted by atomic mass is 10.3. The zero-order valence-electron chi connectivity index (χ0n) is 11.8. The molecule has 0 radical (unpaired) electrons. The van der Waals surface area contributed by atoms with Crippen molar-refractivity contribution < 1.29 is 23.8 Å². The van der Waals surface area contributed by atoms with E-state index < -0.39 is 25.2 Å². The van der Waals surface area contributed by atoms with E-state index in [1.54, 1.807) is 48.5 Å². The Labute approximate surface area is 142 Å². The van der Waals surface area contributed by atoms with E-state index in [1.807, 2.05) is 0 Å². The highest BCUT2D eigenvalue weighted by atomic mass is 35.5. The van der Waals surface area contributed by atoms with Gasteiger partial charge in [-0.05, 0) is 24.3 Å². The van der Waals surface area contributed by atoms with Crippen LogP contribution in [0.1, 0.15) is 0 Å². The Bertz CT molecular complexity index is 643. The van der Waals surface area contributed by atoms with Gasteiger partial charge in [-0.15, -0.1) is 0 Å². The Hall–Kier alpha value is -2.08. The zero-order chi connectivity index (χ0) is 16.7. The molecule has 0 aliphatic rings. The zero-order valence-corrected chi connectivity index (χ0v) is 13.3. The highest BCUT2D eigenvalue weighted by Gasteiger charge is 2.11. The second-order valence-electron chi connectivity index (χ2n) is 4.30. The summed E-state index contributed by atoms with van der Waals surface area (Å²) in [6.45, 7) is -0.828. The molecule has 0 heterocycles. The first-order valence-corrected chi connectivity index (χ1v) is 7.30. The molecule has 120 valence electrons. The Kier molecular flexibility index (Phi) is 6.40. The highest BCUT2D eigenvalue weighted by molar-refractivity contribution is 6.32. The minimum Gasteiger partial charge on any atom is -0.423 e. The molecule has 7 heteroatoms. The predicted octanol–water partition coefficient (Wildman–Crippen LogP) is 3.52. The summed E-state index contributed by atoms with van der Waals surface area (Å²) in [7, 11) is 0. The molecule has 0 N–H and O–H groups in total. The van der Waals surface area contributed by atoms with Crippen LogP contribution in [0.3, 0.4) is 0 Å². The van der Waals surface area contributed by atoms with E-state index in [4.69, 9.17) is 37.4 Å². The van der Waals surface area contributed by atoms with E-state index >= 15 is 0 Å². The summed E-state index contributed by atoms with van der Waals surface area (Å²) in [5.74, 6) is -0.907. The molecule has 0 unspecified atom stereocenters. The summed E-state index contributed by atoms with van der Waals surface area (Å²) in [4.78, 5) is 23.2. The molecule has 2 rings (SSSR count). The van der Waals surface area contributed by atoms with Gasteiger partial charge in [-0.2, -0.15) is 0 Å². The number of carbonyl (C=O) groups is 2. The number of para-hydroxylation sites is 2. The van der Waals surface area contributed by atoms with Crippen LogP contribution in [0.5, 0.6) is 11.5 Å². The van der Waals surface area contributed by atoms with Gasteiger partial charge in [-0.1, -0.05) is 47.5 Å². The van der Waals surface area contributed by atoms with Gasteiger partial charge in [0.25, 0.3) is 0 Å². The van der Waals surface area contributed by atoms with Crippen molar-refractivity contribution in [2.45, 2.75) is 0 Å². The van der Waals surface area contributed by atoms with Gasteiger partial charge in [-0.25, -0.2) is 9.59 Å². The van der Waals surface area contributed by atoms with Crippen molar-refractivity contribution in [3.8, 4) is 11.5 Å². The van der Waals surface area contributed by atoms with Crippen LogP contribution >= 0.6 is 23.2 Å². The Morgan fingerprint density at radius 1 is 0.739 bits per heavy atom. The molecular formula is C16H12Cl2O5. The molecule has 0 aromatic heterocycles. The van der Waals surface area contributed by atoms with E-state index in [9.17, 15) is 9.59 Å². The summed E-state index contributed by atoms with van der Waals surface area (Å²) in [5.41, 5.74) is 0. The average molecular weight is 355 g/mol. The Balaban J connectivity index is 1.74. The number of benzene rings is 2. The SMILES string of the molecule is O=C(COCC(=O)Oc1ccccc1Cl)Oc1ccccc1Cl. The van der Waals surface area contributed by atoms with Crippen LogP contribution in [0.2, 0.25) is 10.0 Å². The number of hydrogen-bond donors (Lipinski definition) is 0. The number of ether oxygens (including phenoxy) is 3. The number of carbonyl (C=O) groups excluding carboxylic acids is 2. The van der Waals surface area contributed by atoms with Gasteiger partial charge >= 0.3 is 11.9 Å². The maximum Gasteiger partial charge on any atom is 0.337 e. The summed E-state index contributed by atoms with van der Waals surface area (Å²) >= 11 is 11.7. The van der Waals surface area contributed by atoms with E-state index in [2.05, 4.69) is 0 Å². The van der Waals surface area contributed by atoms with Crippen LogP contribution in [0.25, 0.3) is 0 Å². The normalized spacial score (nSPS) is 10.2. The monoisotopic (exact) mass is 354 g/mol. The minimum absolute atomic E-state index is 0.224. The van der Waals surface area contributed by atoms with Gasteiger partial charge < -0.3 is 14.2 Å². The molecule has 0 amide bonds. The largest absolute Gasteiger partial charge is 0.423 e. The van der Waals surface area contributed by atoms with Crippen molar-refractivity contribution in [1.29, 1.82) is 0 Å². The Morgan fingerprint density at radius 3 is 1.52 bits per heavy atom. The number of hydrogen-bond acceptors (Lipinski definition) is 5. The minimum atomic E-state index is -0.677. The number of esters is 2. The second kappa shape index (κ2) is 8.53. The van der Waals surface area contributed by atoms with Crippen molar-refractivity contribution in [2.24, 2.45) is 0 Å². The molecule has 23 heavy (non-hydrogen) atoms. The lowest BCUT2D eigenvalue weighted by Gasteiger charge is -2.07. The maximum atomic E-state index is 11.6. The average Bonchev–Trinajstić information content (AvgIpc) is 2.52.